The summed E-state index contributed by atoms with van der Waals surface area (Å²) in [4.78, 5) is 22.1. The Labute approximate surface area is 118 Å². The summed E-state index contributed by atoms with van der Waals surface area (Å²) in [5, 5.41) is 13.4. The minimum atomic E-state index is -0.522. The minimum absolute atomic E-state index is 0.0973. The number of ether oxygens (including phenoxy) is 1. The number of hydrogen-bond donors (Lipinski definition) is 1. The Morgan fingerprint density at radius 1 is 1.61 bits per heavy atom. The van der Waals surface area contributed by atoms with Crippen molar-refractivity contribution in [1.82, 2.24) is 5.32 Å². The number of nitro benzene ring substituents is 1. The summed E-state index contributed by atoms with van der Waals surface area (Å²) in [6, 6.07) is 4.04. The van der Waals surface area contributed by atoms with Crippen LogP contribution in [-0.4, -0.2) is 30.6 Å². The van der Waals surface area contributed by atoms with E-state index in [0.717, 1.165) is 0 Å². The molecule has 0 bridgehead atoms. The highest BCUT2D eigenvalue weighted by atomic mass is 127. The zero-order valence-corrected chi connectivity index (χ0v) is 12.1. The van der Waals surface area contributed by atoms with Crippen LogP contribution in [0.4, 0.5) is 5.69 Å². The van der Waals surface area contributed by atoms with Crippen LogP contribution in [0.15, 0.2) is 18.2 Å². The molecule has 0 saturated carbocycles. The minimum Gasteiger partial charge on any atom is -0.383 e. The third-order valence-electron chi connectivity index (χ3n) is 2.20. The van der Waals surface area contributed by atoms with Crippen LogP contribution in [0.25, 0.3) is 0 Å². The fourth-order valence-corrected chi connectivity index (χ4v) is 1.97. The second-order valence-corrected chi connectivity index (χ2v) is 4.91. The van der Waals surface area contributed by atoms with Crippen LogP contribution < -0.4 is 5.32 Å². The van der Waals surface area contributed by atoms with Gasteiger partial charge < -0.3 is 10.1 Å². The summed E-state index contributed by atoms with van der Waals surface area (Å²) >= 11 is 1.97. The molecule has 6 nitrogen and oxygen atoms in total. The highest BCUT2D eigenvalue weighted by Gasteiger charge is 2.16. The molecular formula is C11H13IN2O4. The van der Waals surface area contributed by atoms with E-state index in [-0.39, 0.29) is 17.6 Å². The average Bonchev–Trinajstić information content (AvgIpc) is 2.29. The first-order chi connectivity index (χ1) is 8.45. The van der Waals surface area contributed by atoms with Gasteiger partial charge in [0, 0.05) is 28.9 Å². The van der Waals surface area contributed by atoms with E-state index in [2.05, 4.69) is 5.32 Å². The molecule has 0 saturated heterocycles. The summed E-state index contributed by atoms with van der Waals surface area (Å²) in [5.41, 5.74) is 0.202. The Balaban J connectivity index is 2.91. The van der Waals surface area contributed by atoms with Crippen molar-refractivity contribution >= 4 is 34.2 Å². The second kappa shape index (κ2) is 6.64. The van der Waals surface area contributed by atoms with E-state index in [1.807, 2.05) is 22.6 Å². The number of halogens is 1. The van der Waals surface area contributed by atoms with Gasteiger partial charge in [-0.1, -0.05) is 0 Å². The number of methoxy groups -OCH3 is 1. The third kappa shape index (κ3) is 3.91. The van der Waals surface area contributed by atoms with Gasteiger partial charge in [0.05, 0.1) is 17.1 Å². The molecule has 1 N–H and O–H groups in total. The molecule has 1 rings (SSSR count). The van der Waals surface area contributed by atoms with Gasteiger partial charge in [0.15, 0.2) is 0 Å². The van der Waals surface area contributed by atoms with Crippen LogP contribution in [0.5, 0.6) is 0 Å². The molecule has 1 aromatic rings. The summed E-state index contributed by atoms with van der Waals surface area (Å²) in [7, 11) is 1.54. The molecule has 0 spiro atoms. The molecule has 1 amide bonds. The lowest BCUT2D eigenvalue weighted by Crippen LogP contribution is -2.36. The number of hydrogen-bond acceptors (Lipinski definition) is 4. The van der Waals surface area contributed by atoms with Crippen LogP contribution in [0.3, 0.4) is 0 Å². The van der Waals surface area contributed by atoms with E-state index in [1.54, 1.807) is 20.1 Å². The summed E-state index contributed by atoms with van der Waals surface area (Å²) in [6.07, 6.45) is 0. The first kappa shape index (κ1) is 14.8. The monoisotopic (exact) mass is 364 g/mol. The molecule has 1 atom stereocenters. The van der Waals surface area contributed by atoms with Crippen molar-refractivity contribution in [2.24, 2.45) is 0 Å². The quantitative estimate of drug-likeness (QED) is 0.492. The molecule has 0 aliphatic carbocycles. The highest BCUT2D eigenvalue weighted by molar-refractivity contribution is 14.1. The number of benzene rings is 1. The van der Waals surface area contributed by atoms with Gasteiger partial charge in [-0.3, -0.25) is 14.9 Å². The van der Waals surface area contributed by atoms with E-state index < -0.39 is 4.92 Å². The maximum Gasteiger partial charge on any atom is 0.270 e. The van der Waals surface area contributed by atoms with Gasteiger partial charge in [0.1, 0.15) is 0 Å². The summed E-state index contributed by atoms with van der Waals surface area (Å²) in [6.45, 7) is 2.18. The maximum absolute atomic E-state index is 11.9. The molecule has 98 valence electrons. The number of nitrogens with zero attached hydrogens (tertiary/aromatic N) is 1. The first-order valence-corrected chi connectivity index (χ1v) is 6.27. The third-order valence-corrected chi connectivity index (χ3v) is 3.14. The number of carbonyl (C=O) groups excluding carboxylic acids is 1. The van der Waals surface area contributed by atoms with Crippen LogP contribution in [-0.2, 0) is 4.74 Å². The Hall–Kier alpha value is -1.22. The molecule has 0 radical (unpaired) electrons. The van der Waals surface area contributed by atoms with Crippen LogP contribution >= 0.6 is 22.6 Å². The van der Waals surface area contributed by atoms with Crippen molar-refractivity contribution in [1.29, 1.82) is 0 Å². The normalized spacial score (nSPS) is 11.9. The topological polar surface area (TPSA) is 81.5 Å². The molecule has 1 aromatic carbocycles. The number of amides is 1. The number of nitro groups is 1. The van der Waals surface area contributed by atoms with Crippen molar-refractivity contribution in [3.8, 4) is 0 Å². The molecule has 1 unspecified atom stereocenters. The standard InChI is InChI=1S/C11H13IN2O4/c1-7(6-18-2)13-11(15)9-5-8(14(16)17)3-4-10(9)12/h3-5,7H,6H2,1-2H3,(H,13,15). The van der Waals surface area contributed by atoms with E-state index >= 15 is 0 Å². The number of nitrogens with one attached hydrogen (secondary N) is 1. The van der Waals surface area contributed by atoms with Gasteiger partial charge in [-0.05, 0) is 35.6 Å². The summed E-state index contributed by atoms with van der Waals surface area (Å²) in [5.74, 6) is -0.340. The van der Waals surface area contributed by atoms with Crippen molar-refractivity contribution in [3.05, 3.63) is 37.4 Å². The van der Waals surface area contributed by atoms with Gasteiger partial charge in [0.25, 0.3) is 11.6 Å². The van der Waals surface area contributed by atoms with Gasteiger partial charge in [-0.25, -0.2) is 0 Å². The molecule has 0 aliphatic rings. The second-order valence-electron chi connectivity index (χ2n) is 3.75. The fourth-order valence-electron chi connectivity index (χ4n) is 1.39. The van der Waals surface area contributed by atoms with Gasteiger partial charge >= 0.3 is 0 Å². The molecular weight excluding hydrogens is 351 g/mol. The van der Waals surface area contributed by atoms with Gasteiger partial charge in [-0.15, -0.1) is 0 Å². The average molecular weight is 364 g/mol. The number of carbonyl (C=O) groups is 1. The number of rotatable bonds is 5. The van der Waals surface area contributed by atoms with Crippen molar-refractivity contribution in [2.75, 3.05) is 13.7 Å². The fraction of sp³-hybridized carbons (Fsp3) is 0.364. The lowest BCUT2D eigenvalue weighted by Gasteiger charge is -2.13. The lowest BCUT2D eigenvalue weighted by atomic mass is 10.2. The molecule has 0 heterocycles. The first-order valence-electron chi connectivity index (χ1n) is 5.19. The smallest absolute Gasteiger partial charge is 0.270 e. The van der Waals surface area contributed by atoms with Gasteiger partial charge in [-0.2, -0.15) is 0 Å². The molecule has 7 heteroatoms. The zero-order valence-electron chi connectivity index (χ0n) is 9.97. The van der Waals surface area contributed by atoms with Crippen molar-refractivity contribution in [3.63, 3.8) is 0 Å². The number of non-ortho nitro benzene ring substituents is 1. The van der Waals surface area contributed by atoms with Crippen LogP contribution in [0.2, 0.25) is 0 Å². The molecule has 18 heavy (non-hydrogen) atoms. The lowest BCUT2D eigenvalue weighted by molar-refractivity contribution is -0.384. The van der Waals surface area contributed by atoms with E-state index in [0.29, 0.717) is 15.7 Å². The summed E-state index contributed by atoms with van der Waals surface area (Å²) < 4.78 is 5.57. The SMILES string of the molecule is COCC(C)NC(=O)c1cc([N+](=O)[O-])ccc1I. The predicted octanol–water partition coefficient (Wildman–Crippen LogP) is 1.96. The van der Waals surface area contributed by atoms with E-state index in [4.69, 9.17) is 4.74 Å². The highest BCUT2D eigenvalue weighted by Crippen LogP contribution is 2.19. The van der Waals surface area contributed by atoms with Crippen molar-refractivity contribution < 1.29 is 14.5 Å². The largest absolute Gasteiger partial charge is 0.383 e. The van der Waals surface area contributed by atoms with Crippen LogP contribution in [0.1, 0.15) is 17.3 Å². The van der Waals surface area contributed by atoms with Crippen LogP contribution in [0, 0.1) is 13.7 Å². The van der Waals surface area contributed by atoms with Crippen molar-refractivity contribution in [2.45, 2.75) is 13.0 Å². The predicted molar refractivity (Wildman–Crippen MR) is 74.6 cm³/mol. The molecule has 0 aromatic heterocycles. The Morgan fingerprint density at radius 3 is 2.83 bits per heavy atom. The Morgan fingerprint density at radius 2 is 2.28 bits per heavy atom. The maximum atomic E-state index is 11.9. The zero-order chi connectivity index (χ0) is 13.7. The van der Waals surface area contributed by atoms with E-state index in [1.165, 1.54) is 12.1 Å². The van der Waals surface area contributed by atoms with Gasteiger partial charge in [0.2, 0.25) is 0 Å². The molecule has 0 fully saturated rings. The van der Waals surface area contributed by atoms with E-state index in [9.17, 15) is 14.9 Å². The Kier molecular flexibility index (Phi) is 5.48. The Bertz CT molecular complexity index is 464. The molecule has 0 aliphatic heterocycles.